The molecule has 31 heavy (non-hydrogen) atoms. The Balaban J connectivity index is 2.16. The van der Waals surface area contributed by atoms with Gasteiger partial charge in [0.25, 0.3) is 0 Å². The smallest absolute Gasteiger partial charge is 0.243 e. The average molecular weight is 461 g/mol. The van der Waals surface area contributed by atoms with Crippen molar-refractivity contribution in [1.29, 1.82) is 0 Å². The summed E-state index contributed by atoms with van der Waals surface area (Å²) in [5, 5.41) is 3.62. The maximum absolute atomic E-state index is 13.3. The standard InChI is InChI=1S/C25H33ClN2O2S/c1-6-22(24(30)27-25(3,4)5)28(15-20-9-7-8-10-21(20)26)23(29)17-31-16-19-13-11-18(2)12-14-19/h7-14,22H,6,15-17H2,1-5H3,(H,27,30). The second-order valence-corrected chi connectivity index (χ2v) is 10.1. The minimum absolute atomic E-state index is 0.0621. The molecule has 0 aliphatic heterocycles. The van der Waals surface area contributed by atoms with Gasteiger partial charge in [-0.15, -0.1) is 11.8 Å². The van der Waals surface area contributed by atoms with Crippen LogP contribution in [0.1, 0.15) is 50.8 Å². The van der Waals surface area contributed by atoms with Crippen molar-refractivity contribution >= 4 is 35.2 Å². The lowest BCUT2D eigenvalue weighted by atomic mass is 10.1. The summed E-state index contributed by atoms with van der Waals surface area (Å²) in [7, 11) is 0. The molecule has 2 amide bonds. The number of benzene rings is 2. The van der Waals surface area contributed by atoms with E-state index in [1.54, 1.807) is 16.7 Å². The van der Waals surface area contributed by atoms with Gasteiger partial charge in [0.1, 0.15) is 6.04 Å². The molecule has 1 N–H and O–H groups in total. The zero-order valence-corrected chi connectivity index (χ0v) is 20.6. The number of hydrogen-bond acceptors (Lipinski definition) is 3. The van der Waals surface area contributed by atoms with Gasteiger partial charge in [0.2, 0.25) is 11.8 Å². The van der Waals surface area contributed by atoms with Crippen LogP contribution in [0.15, 0.2) is 48.5 Å². The number of nitrogens with one attached hydrogen (secondary N) is 1. The van der Waals surface area contributed by atoms with Crippen molar-refractivity contribution in [2.24, 2.45) is 0 Å². The van der Waals surface area contributed by atoms with E-state index >= 15 is 0 Å². The molecule has 2 aromatic rings. The predicted molar refractivity (Wildman–Crippen MR) is 131 cm³/mol. The maximum atomic E-state index is 13.3. The Hall–Kier alpha value is -1.98. The molecule has 4 nitrogen and oxygen atoms in total. The Bertz CT molecular complexity index is 878. The Kier molecular flexibility index (Phi) is 9.45. The molecule has 0 aromatic heterocycles. The maximum Gasteiger partial charge on any atom is 0.243 e. The van der Waals surface area contributed by atoms with Crippen molar-refractivity contribution in [2.45, 2.75) is 64.9 Å². The van der Waals surface area contributed by atoms with E-state index in [-0.39, 0.29) is 17.4 Å². The highest BCUT2D eigenvalue weighted by molar-refractivity contribution is 7.99. The van der Waals surface area contributed by atoms with Gasteiger partial charge in [-0.05, 0) is 51.3 Å². The van der Waals surface area contributed by atoms with Crippen LogP contribution in [0.4, 0.5) is 0 Å². The van der Waals surface area contributed by atoms with Crippen LogP contribution in [0.2, 0.25) is 5.02 Å². The van der Waals surface area contributed by atoms with Gasteiger partial charge in [-0.25, -0.2) is 0 Å². The number of carbonyl (C=O) groups is 2. The Morgan fingerprint density at radius 2 is 1.74 bits per heavy atom. The monoisotopic (exact) mass is 460 g/mol. The summed E-state index contributed by atoms with van der Waals surface area (Å²) in [5.74, 6) is 0.848. The fourth-order valence-corrected chi connectivity index (χ4v) is 4.27. The minimum atomic E-state index is -0.553. The van der Waals surface area contributed by atoms with Crippen LogP contribution in [0.25, 0.3) is 0 Å². The van der Waals surface area contributed by atoms with Crippen LogP contribution < -0.4 is 5.32 Å². The molecule has 0 heterocycles. The zero-order valence-electron chi connectivity index (χ0n) is 19.1. The third-order valence-electron chi connectivity index (χ3n) is 4.80. The van der Waals surface area contributed by atoms with Crippen LogP contribution in [0.3, 0.4) is 0 Å². The molecule has 0 spiro atoms. The van der Waals surface area contributed by atoms with E-state index in [1.807, 2.05) is 52.0 Å². The number of nitrogens with zero attached hydrogens (tertiary/aromatic N) is 1. The first-order valence-electron chi connectivity index (χ1n) is 10.6. The average Bonchev–Trinajstić information content (AvgIpc) is 2.69. The van der Waals surface area contributed by atoms with Crippen LogP contribution >= 0.6 is 23.4 Å². The van der Waals surface area contributed by atoms with E-state index in [2.05, 4.69) is 36.5 Å². The summed E-state index contributed by atoms with van der Waals surface area (Å²) in [6.07, 6.45) is 0.529. The van der Waals surface area contributed by atoms with Crippen LogP contribution in [0.5, 0.6) is 0 Å². The predicted octanol–water partition coefficient (Wildman–Crippen LogP) is 5.60. The lowest BCUT2D eigenvalue weighted by Gasteiger charge is -2.33. The highest BCUT2D eigenvalue weighted by atomic mass is 35.5. The highest BCUT2D eigenvalue weighted by Crippen LogP contribution is 2.22. The SMILES string of the molecule is CCC(C(=O)NC(C)(C)C)N(Cc1ccccc1Cl)C(=O)CSCc1ccc(C)cc1. The minimum Gasteiger partial charge on any atom is -0.350 e. The van der Waals surface area contributed by atoms with Crippen molar-refractivity contribution in [3.63, 3.8) is 0 Å². The highest BCUT2D eigenvalue weighted by Gasteiger charge is 2.30. The Labute approximate surface area is 195 Å². The second kappa shape index (κ2) is 11.6. The normalized spacial score (nSPS) is 12.3. The third kappa shape index (κ3) is 8.23. The molecule has 0 saturated heterocycles. The Morgan fingerprint density at radius 1 is 1.10 bits per heavy atom. The molecule has 0 saturated carbocycles. The van der Waals surface area contributed by atoms with Gasteiger partial charge in [0.15, 0.2) is 0 Å². The third-order valence-corrected chi connectivity index (χ3v) is 6.15. The lowest BCUT2D eigenvalue weighted by Crippen LogP contribution is -2.53. The van der Waals surface area contributed by atoms with Gasteiger partial charge in [-0.3, -0.25) is 9.59 Å². The molecule has 6 heteroatoms. The van der Waals surface area contributed by atoms with Crippen molar-refractivity contribution in [3.8, 4) is 0 Å². The number of hydrogen-bond donors (Lipinski definition) is 1. The summed E-state index contributed by atoms with van der Waals surface area (Å²) in [5.41, 5.74) is 2.86. The summed E-state index contributed by atoms with van der Waals surface area (Å²) >= 11 is 7.92. The molecular weight excluding hydrogens is 428 g/mol. The molecule has 0 bridgehead atoms. The lowest BCUT2D eigenvalue weighted by molar-refractivity contribution is -0.140. The summed E-state index contributed by atoms with van der Waals surface area (Å²) in [6, 6.07) is 15.2. The molecule has 0 aliphatic carbocycles. The fraction of sp³-hybridized carbons (Fsp3) is 0.440. The molecule has 2 aromatic carbocycles. The van der Waals surface area contributed by atoms with E-state index in [0.717, 1.165) is 11.3 Å². The van der Waals surface area contributed by atoms with Crippen LogP contribution in [0, 0.1) is 6.92 Å². The first kappa shape index (κ1) is 25.3. The topological polar surface area (TPSA) is 49.4 Å². The summed E-state index contributed by atoms with van der Waals surface area (Å²) in [4.78, 5) is 27.9. The van der Waals surface area contributed by atoms with E-state index in [9.17, 15) is 9.59 Å². The van der Waals surface area contributed by atoms with Crippen molar-refractivity contribution in [1.82, 2.24) is 10.2 Å². The van der Waals surface area contributed by atoms with Crippen LogP contribution in [-0.4, -0.2) is 34.0 Å². The van der Waals surface area contributed by atoms with Gasteiger partial charge in [-0.1, -0.05) is 66.6 Å². The Morgan fingerprint density at radius 3 is 2.32 bits per heavy atom. The van der Waals surface area contributed by atoms with E-state index < -0.39 is 6.04 Å². The molecule has 1 unspecified atom stereocenters. The first-order valence-corrected chi connectivity index (χ1v) is 12.1. The number of thioether (sulfide) groups is 1. The molecule has 1 atom stereocenters. The first-order chi connectivity index (χ1) is 14.6. The van der Waals surface area contributed by atoms with Gasteiger partial charge in [0.05, 0.1) is 5.75 Å². The number of halogens is 1. The zero-order chi connectivity index (χ0) is 23.0. The van der Waals surface area contributed by atoms with Crippen LogP contribution in [-0.2, 0) is 21.9 Å². The molecule has 0 fully saturated rings. The van der Waals surface area contributed by atoms with Crippen molar-refractivity contribution in [2.75, 3.05) is 5.75 Å². The fourth-order valence-electron chi connectivity index (χ4n) is 3.21. The molecule has 0 radical (unpaired) electrons. The number of carbonyl (C=O) groups excluding carboxylic acids is 2. The van der Waals surface area contributed by atoms with Gasteiger partial charge >= 0.3 is 0 Å². The number of rotatable bonds is 9. The summed E-state index contributed by atoms with van der Waals surface area (Å²) < 4.78 is 0. The molecule has 168 valence electrons. The van der Waals surface area contributed by atoms with Crippen molar-refractivity contribution in [3.05, 3.63) is 70.2 Å². The van der Waals surface area contributed by atoms with E-state index in [1.165, 1.54) is 11.1 Å². The summed E-state index contributed by atoms with van der Waals surface area (Å²) in [6.45, 7) is 10.1. The van der Waals surface area contributed by atoms with Crippen molar-refractivity contribution < 1.29 is 9.59 Å². The van der Waals surface area contributed by atoms with Gasteiger partial charge < -0.3 is 10.2 Å². The van der Waals surface area contributed by atoms with Gasteiger partial charge in [0, 0.05) is 22.9 Å². The molecule has 2 rings (SSSR count). The quantitative estimate of drug-likeness (QED) is 0.529. The number of amides is 2. The van der Waals surface area contributed by atoms with Gasteiger partial charge in [-0.2, -0.15) is 0 Å². The van der Waals surface area contributed by atoms with E-state index in [0.29, 0.717) is 23.7 Å². The second-order valence-electron chi connectivity index (χ2n) is 8.75. The largest absolute Gasteiger partial charge is 0.350 e. The number of aryl methyl sites for hydroxylation is 1. The molecule has 0 aliphatic rings. The molecular formula is C25H33ClN2O2S. The van der Waals surface area contributed by atoms with E-state index in [4.69, 9.17) is 11.6 Å².